The van der Waals surface area contributed by atoms with Gasteiger partial charge in [-0.25, -0.2) is 0 Å². The van der Waals surface area contributed by atoms with Crippen molar-refractivity contribution in [3.63, 3.8) is 0 Å². The van der Waals surface area contributed by atoms with E-state index in [9.17, 15) is 0 Å². The van der Waals surface area contributed by atoms with E-state index in [1.807, 2.05) is 19.2 Å². The van der Waals surface area contributed by atoms with Crippen LogP contribution in [0.5, 0.6) is 11.5 Å². The van der Waals surface area contributed by atoms with Gasteiger partial charge in [0, 0.05) is 32.7 Å². The Morgan fingerprint density at radius 1 is 1.26 bits per heavy atom. The zero-order chi connectivity index (χ0) is 19.6. The molecule has 0 bridgehead atoms. The topological polar surface area (TPSA) is 58.1 Å². The Morgan fingerprint density at radius 2 is 2.04 bits per heavy atom. The number of likely N-dealkylation sites (tertiary alicyclic amines) is 1. The smallest absolute Gasteiger partial charge is 0.191 e. The lowest BCUT2D eigenvalue weighted by Gasteiger charge is -2.35. The first-order valence-corrected chi connectivity index (χ1v) is 9.96. The second-order valence-corrected chi connectivity index (χ2v) is 7.41. The fourth-order valence-electron chi connectivity index (χ4n) is 3.58. The van der Waals surface area contributed by atoms with E-state index in [0.29, 0.717) is 6.04 Å². The predicted octanol–water partition coefficient (Wildman–Crippen LogP) is 2.53. The minimum absolute atomic E-state index is 0.511. The second-order valence-electron chi connectivity index (χ2n) is 7.41. The summed E-state index contributed by atoms with van der Waals surface area (Å²) in [4.78, 5) is 6.93. The first-order valence-electron chi connectivity index (χ1n) is 9.96. The van der Waals surface area contributed by atoms with Gasteiger partial charge in [0.1, 0.15) is 0 Å². The summed E-state index contributed by atoms with van der Waals surface area (Å²) in [6.45, 7) is 8.77. The molecule has 1 heterocycles. The summed E-state index contributed by atoms with van der Waals surface area (Å²) in [7, 11) is 5.13. The molecule has 1 fully saturated rings. The van der Waals surface area contributed by atoms with Crippen molar-refractivity contribution in [1.82, 2.24) is 15.5 Å². The van der Waals surface area contributed by atoms with Crippen LogP contribution in [0.25, 0.3) is 0 Å². The summed E-state index contributed by atoms with van der Waals surface area (Å²) in [6.07, 6.45) is 3.56. The van der Waals surface area contributed by atoms with Gasteiger partial charge in [-0.15, -0.1) is 0 Å². The molecule has 2 rings (SSSR count). The minimum atomic E-state index is 0.511. The van der Waals surface area contributed by atoms with E-state index in [1.54, 1.807) is 14.2 Å². The van der Waals surface area contributed by atoms with Crippen LogP contribution in [0.2, 0.25) is 0 Å². The van der Waals surface area contributed by atoms with Crippen molar-refractivity contribution >= 4 is 5.96 Å². The number of guanidine groups is 1. The normalized spacial score (nSPS) is 19.4. The molecule has 0 amide bonds. The molecule has 1 aromatic carbocycles. The quantitative estimate of drug-likeness (QED) is 0.539. The van der Waals surface area contributed by atoms with E-state index in [2.05, 4.69) is 40.4 Å². The monoisotopic (exact) mass is 376 g/mol. The third-order valence-corrected chi connectivity index (χ3v) is 5.25. The molecule has 6 nitrogen and oxygen atoms in total. The summed E-state index contributed by atoms with van der Waals surface area (Å²) in [5, 5.41) is 6.86. The van der Waals surface area contributed by atoms with Crippen LogP contribution in [0.15, 0.2) is 23.2 Å². The van der Waals surface area contributed by atoms with Gasteiger partial charge in [-0.1, -0.05) is 13.0 Å². The molecule has 2 atom stereocenters. The lowest BCUT2D eigenvalue weighted by atomic mass is 9.99. The molecule has 0 aliphatic carbocycles. The van der Waals surface area contributed by atoms with E-state index in [1.165, 1.54) is 31.5 Å². The molecular weight excluding hydrogens is 340 g/mol. The largest absolute Gasteiger partial charge is 0.493 e. The van der Waals surface area contributed by atoms with Crippen LogP contribution in [0.3, 0.4) is 0 Å². The number of piperidine rings is 1. The predicted molar refractivity (Wildman–Crippen MR) is 112 cm³/mol. The standard InChI is InChI=1S/C21H36N4O2/c1-16-7-6-12-25(15-16)17(2)14-24-21(22-3)23-11-10-18-8-9-19(26-4)20(13-18)27-5/h8-9,13,16-17H,6-7,10-12,14-15H2,1-5H3,(H2,22,23,24). The van der Waals surface area contributed by atoms with Crippen molar-refractivity contribution in [2.45, 2.75) is 39.2 Å². The van der Waals surface area contributed by atoms with Gasteiger partial charge < -0.3 is 20.1 Å². The Hall–Kier alpha value is -1.95. The maximum atomic E-state index is 5.37. The van der Waals surface area contributed by atoms with E-state index in [-0.39, 0.29) is 0 Å². The summed E-state index contributed by atoms with van der Waals surface area (Å²) in [5.74, 6) is 3.18. The number of benzene rings is 1. The third-order valence-electron chi connectivity index (χ3n) is 5.25. The van der Waals surface area contributed by atoms with E-state index < -0.39 is 0 Å². The first-order chi connectivity index (χ1) is 13.1. The van der Waals surface area contributed by atoms with Crippen LogP contribution >= 0.6 is 0 Å². The molecular formula is C21H36N4O2. The number of nitrogens with one attached hydrogen (secondary N) is 2. The van der Waals surface area contributed by atoms with Crippen LogP contribution in [-0.2, 0) is 6.42 Å². The van der Waals surface area contributed by atoms with Gasteiger partial charge >= 0.3 is 0 Å². The summed E-state index contributed by atoms with van der Waals surface area (Å²) < 4.78 is 10.7. The van der Waals surface area contributed by atoms with Crippen molar-refractivity contribution in [1.29, 1.82) is 0 Å². The van der Waals surface area contributed by atoms with Crippen LogP contribution in [0, 0.1) is 5.92 Å². The maximum absolute atomic E-state index is 5.37. The number of rotatable bonds is 8. The minimum Gasteiger partial charge on any atom is -0.493 e. The molecule has 6 heteroatoms. The van der Waals surface area contributed by atoms with Crippen LogP contribution in [0.1, 0.15) is 32.3 Å². The number of hydrogen-bond donors (Lipinski definition) is 2. The van der Waals surface area contributed by atoms with E-state index in [0.717, 1.165) is 42.9 Å². The molecule has 0 spiro atoms. The molecule has 0 saturated carbocycles. The van der Waals surface area contributed by atoms with Crippen molar-refractivity contribution < 1.29 is 9.47 Å². The summed E-state index contributed by atoms with van der Waals surface area (Å²) in [6, 6.07) is 6.55. The molecule has 0 radical (unpaired) electrons. The lowest BCUT2D eigenvalue weighted by Crippen LogP contribution is -2.48. The Labute approximate surface area is 164 Å². The van der Waals surface area contributed by atoms with Crippen LogP contribution in [-0.4, -0.2) is 64.3 Å². The number of methoxy groups -OCH3 is 2. The SMILES string of the molecule is CN=C(NCCc1ccc(OC)c(OC)c1)NCC(C)N1CCCC(C)C1. The molecule has 1 aliphatic rings. The summed E-state index contributed by atoms with van der Waals surface area (Å²) in [5.41, 5.74) is 1.20. The van der Waals surface area contributed by atoms with Gasteiger partial charge in [-0.05, 0) is 56.3 Å². The van der Waals surface area contributed by atoms with Crippen LogP contribution in [0.4, 0.5) is 0 Å². The average Bonchev–Trinajstić information content (AvgIpc) is 2.70. The zero-order valence-electron chi connectivity index (χ0n) is 17.5. The van der Waals surface area contributed by atoms with Gasteiger partial charge in [0.25, 0.3) is 0 Å². The molecule has 1 aromatic rings. The zero-order valence-corrected chi connectivity index (χ0v) is 17.5. The highest BCUT2D eigenvalue weighted by atomic mass is 16.5. The van der Waals surface area contributed by atoms with Gasteiger partial charge in [-0.3, -0.25) is 9.89 Å². The molecule has 2 unspecified atom stereocenters. The first kappa shape index (κ1) is 21.4. The van der Waals surface area contributed by atoms with Crippen molar-refractivity contribution in [3.05, 3.63) is 23.8 Å². The van der Waals surface area contributed by atoms with Crippen LogP contribution < -0.4 is 20.1 Å². The fourth-order valence-corrected chi connectivity index (χ4v) is 3.58. The van der Waals surface area contributed by atoms with E-state index in [4.69, 9.17) is 9.47 Å². The highest BCUT2D eigenvalue weighted by molar-refractivity contribution is 5.79. The van der Waals surface area contributed by atoms with Gasteiger partial charge in [-0.2, -0.15) is 0 Å². The van der Waals surface area contributed by atoms with Gasteiger partial charge in [0.05, 0.1) is 14.2 Å². The van der Waals surface area contributed by atoms with Crippen molar-refractivity contribution in [2.75, 3.05) is 47.4 Å². The molecule has 152 valence electrons. The molecule has 27 heavy (non-hydrogen) atoms. The van der Waals surface area contributed by atoms with Crippen molar-refractivity contribution in [2.24, 2.45) is 10.9 Å². The fraction of sp³-hybridized carbons (Fsp3) is 0.667. The molecule has 1 aliphatic heterocycles. The molecule has 2 N–H and O–H groups in total. The highest BCUT2D eigenvalue weighted by Crippen LogP contribution is 2.27. The molecule has 0 aromatic heterocycles. The van der Waals surface area contributed by atoms with Crippen molar-refractivity contribution in [3.8, 4) is 11.5 Å². The second kappa shape index (κ2) is 11.0. The van der Waals surface area contributed by atoms with Gasteiger partial charge in [0.15, 0.2) is 17.5 Å². The Kier molecular flexibility index (Phi) is 8.72. The number of nitrogens with zero attached hydrogens (tertiary/aromatic N) is 2. The summed E-state index contributed by atoms with van der Waals surface area (Å²) >= 11 is 0. The third kappa shape index (κ3) is 6.61. The highest BCUT2D eigenvalue weighted by Gasteiger charge is 2.20. The van der Waals surface area contributed by atoms with E-state index >= 15 is 0 Å². The Morgan fingerprint density at radius 3 is 2.70 bits per heavy atom. The number of ether oxygens (including phenoxy) is 2. The lowest BCUT2D eigenvalue weighted by molar-refractivity contribution is 0.139. The Balaban J connectivity index is 1.75. The number of hydrogen-bond acceptors (Lipinski definition) is 4. The molecule has 1 saturated heterocycles. The van der Waals surface area contributed by atoms with Gasteiger partial charge in [0.2, 0.25) is 0 Å². The Bertz CT molecular complexity index is 606. The maximum Gasteiger partial charge on any atom is 0.191 e. The average molecular weight is 377 g/mol. The number of aliphatic imine (C=N–C) groups is 1.